The average Bonchev–Trinajstić information content (AvgIpc) is 3.09. The van der Waals surface area contributed by atoms with Gasteiger partial charge in [0.25, 0.3) is 0 Å². The Morgan fingerprint density at radius 1 is 1.35 bits per heavy atom. The topological polar surface area (TPSA) is 69.8 Å². The molecule has 1 aliphatic carbocycles. The number of nitrogens with zero attached hydrogens (tertiary/aromatic N) is 1. The zero-order valence-corrected chi connectivity index (χ0v) is 16.9. The number of hydrogen-bond donors (Lipinski definition) is 3. The lowest BCUT2D eigenvalue weighted by atomic mass is 9.89. The molecule has 5 nitrogen and oxygen atoms in total. The third-order valence-electron chi connectivity index (χ3n) is 4.59. The summed E-state index contributed by atoms with van der Waals surface area (Å²) < 4.78 is 5.52. The van der Waals surface area contributed by atoms with E-state index in [0.29, 0.717) is 17.7 Å². The summed E-state index contributed by atoms with van der Waals surface area (Å²) in [7, 11) is 1.75. The van der Waals surface area contributed by atoms with Crippen LogP contribution in [0.25, 0.3) is 0 Å². The fourth-order valence-electron chi connectivity index (χ4n) is 2.99. The van der Waals surface area contributed by atoms with Crippen molar-refractivity contribution < 1.29 is 9.52 Å². The normalized spacial score (nSPS) is 19.8. The number of aryl methyl sites for hydroxylation is 1. The van der Waals surface area contributed by atoms with E-state index in [9.17, 15) is 5.11 Å². The molecule has 1 atom stereocenters. The minimum atomic E-state index is -1.07. The maximum atomic E-state index is 10.5. The second-order valence-corrected chi connectivity index (χ2v) is 6.98. The second kappa shape index (κ2) is 8.37. The number of halogens is 1. The van der Waals surface area contributed by atoms with Crippen molar-refractivity contribution in [2.24, 2.45) is 10.4 Å². The van der Waals surface area contributed by atoms with Crippen LogP contribution in [0.2, 0.25) is 0 Å². The fourth-order valence-corrected chi connectivity index (χ4v) is 2.99. The zero-order chi connectivity index (χ0) is 16.2. The van der Waals surface area contributed by atoms with E-state index in [-0.39, 0.29) is 24.0 Å². The summed E-state index contributed by atoms with van der Waals surface area (Å²) in [5, 5.41) is 17.1. The molecular formula is C17H30IN3O2. The molecule has 0 radical (unpaired) electrons. The van der Waals surface area contributed by atoms with E-state index >= 15 is 0 Å². The van der Waals surface area contributed by atoms with Crippen LogP contribution in [0.15, 0.2) is 21.5 Å². The molecule has 1 aliphatic rings. The molecule has 6 heteroatoms. The predicted octanol–water partition coefficient (Wildman–Crippen LogP) is 3.16. The van der Waals surface area contributed by atoms with E-state index in [1.807, 2.05) is 19.1 Å². The van der Waals surface area contributed by atoms with Gasteiger partial charge >= 0.3 is 0 Å². The van der Waals surface area contributed by atoms with Crippen LogP contribution >= 0.6 is 24.0 Å². The summed E-state index contributed by atoms with van der Waals surface area (Å²) in [6.45, 7) is 7.19. The monoisotopic (exact) mass is 435 g/mol. The Kier molecular flexibility index (Phi) is 7.38. The van der Waals surface area contributed by atoms with Gasteiger partial charge in [-0.15, -0.1) is 24.0 Å². The van der Waals surface area contributed by atoms with Crippen molar-refractivity contribution >= 4 is 29.9 Å². The number of guanidine groups is 1. The molecule has 1 aromatic heterocycles. The van der Waals surface area contributed by atoms with Crippen LogP contribution in [0.4, 0.5) is 0 Å². The van der Waals surface area contributed by atoms with E-state index in [1.54, 1.807) is 14.0 Å². The molecule has 0 amide bonds. The predicted molar refractivity (Wildman–Crippen MR) is 104 cm³/mol. The third kappa shape index (κ3) is 5.67. The molecule has 0 aliphatic heterocycles. The SMILES string of the molecule is CN=C(NCC1(C)CCCC1)NCC(C)(O)c1ccc(C)o1.I. The summed E-state index contributed by atoms with van der Waals surface area (Å²) in [5.41, 5.74) is -0.707. The molecular weight excluding hydrogens is 405 g/mol. The van der Waals surface area contributed by atoms with Crippen molar-refractivity contribution in [3.8, 4) is 0 Å². The molecule has 1 unspecified atom stereocenters. The van der Waals surface area contributed by atoms with Crippen LogP contribution in [0.5, 0.6) is 0 Å². The van der Waals surface area contributed by atoms with E-state index in [4.69, 9.17) is 4.42 Å². The molecule has 0 spiro atoms. The molecule has 0 aromatic carbocycles. The largest absolute Gasteiger partial charge is 0.463 e. The highest BCUT2D eigenvalue weighted by Crippen LogP contribution is 2.36. The summed E-state index contributed by atoms with van der Waals surface area (Å²) in [6.07, 6.45) is 5.16. The molecule has 0 bridgehead atoms. The lowest BCUT2D eigenvalue weighted by molar-refractivity contribution is 0.0377. The van der Waals surface area contributed by atoms with Gasteiger partial charge in [-0.05, 0) is 44.2 Å². The molecule has 1 saturated carbocycles. The van der Waals surface area contributed by atoms with Gasteiger partial charge in [0.15, 0.2) is 5.96 Å². The van der Waals surface area contributed by atoms with Gasteiger partial charge in [0.2, 0.25) is 0 Å². The zero-order valence-electron chi connectivity index (χ0n) is 14.6. The molecule has 1 fully saturated rings. The number of rotatable bonds is 5. The number of hydrogen-bond acceptors (Lipinski definition) is 3. The first-order chi connectivity index (χ1) is 10.3. The third-order valence-corrected chi connectivity index (χ3v) is 4.59. The second-order valence-electron chi connectivity index (χ2n) is 6.98. The van der Waals surface area contributed by atoms with Gasteiger partial charge in [0.05, 0.1) is 6.54 Å². The Hall–Kier alpha value is -0.760. The number of aliphatic hydroxyl groups is 1. The number of aliphatic imine (C=N–C) groups is 1. The van der Waals surface area contributed by atoms with E-state index in [0.717, 1.165) is 18.3 Å². The Labute approximate surface area is 156 Å². The molecule has 0 saturated heterocycles. The highest BCUT2D eigenvalue weighted by atomic mass is 127. The Balaban J connectivity index is 0.00000264. The van der Waals surface area contributed by atoms with Crippen molar-refractivity contribution in [2.45, 2.75) is 52.1 Å². The van der Waals surface area contributed by atoms with Crippen molar-refractivity contribution in [1.29, 1.82) is 0 Å². The standard InChI is InChI=1S/C17H29N3O2.HI/c1-13-7-8-14(22-13)17(3,21)12-20-15(18-4)19-11-16(2)9-5-6-10-16;/h7-8,21H,5-6,9-12H2,1-4H3,(H2,18,19,20);1H. The van der Waals surface area contributed by atoms with Crippen LogP contribution in [-0.2, 0) is 5.60 Å². The summed E-state index contributed by atoms with van der Waals surface area (Å²) in [5.74, 6) is 2.08. The first kappa shape index (κ1) is 20.3. The highest BCUT2D eigenvalue weighted by molar-refractivity contribution is 14.0. The van der Waals surface area contributed by atoms with Crippen molar-refractivity contribution in [2.75, 3.05) is 20.1 Å². The van der Waals surface area contributed by atoms with Crippen LogP contribution in [0.1, 0.15) is 51.1 Å². The summed E-state index contributed by atoms with van der Waals surface area (Å²) >= 11 is 0. The molecule has 132 valence electrons. The Bertz CT molecular complexity index is 520. The number of nitrogens with one attached hydrogen (secondary N) is 2. The molecule has 3 N–H and O–H groups in total. The molecule has 1 heterocycles. The first-order valence-electron chi connectivity index (χ1n) is 8.08. The fraction of sp³-hybridized carbons (Fsp3) is 0.706. The van der Waals surface area contributed by atoms with Crippen LogP contribution < -0.4 is 10.6 Å². The minimum Gasteiger partial charge on any atom is -0.463 e. The summed E-state index contributed by atoms with van der Waals surface area (Å²) in [4.78, 5) is 4.23. The smallest absolute Gasteiger partial charge is 0.191 e. The maximum absolute atomic E-state index is 10.5. The Morgan fingerprint density at radius 3 is 2.52 bits per heavy atom. The van der Waals surface area contributed by atoms with Crippen molar-refractivity contribution in [3.63, 3.8) is 0 Å². The van der Waals surface area contributed by atoms with E-state index in [1.165, 1.54) is 25.7 Å². The van der Waals surface area contributed by atoms with Crippen LogP contribution in [0.3, 0.4) is 0 Å². The quantitative estimate of drug-likeness (QED) is 0.378. The summed E-state index contributed by atoms with van der Waals surface area (Å²) in [6, 6.07) is 3.67. The highest BCUT2D eigenvalue weighted by Gasteiger charge is 2.30. The van der Waals surface area contributed by atoms with Gasteiger partial charge in [0.1, 0.15) is 17.1 Å². The lowest BCUT2D eigenvalue weighted by Crippen LogP contribution is -2.46. The van der Waals surface area contributed by atoms with Crippen molar-refractivity contribution in [1.82, 2.24) is 10.6 Å². The lowest BCUT2D eigenvalue weighted by Gasteiger charge is -2.27. The van der Waals surface area contributed by atoms with Gasteiger partial charge in [-0.1, -0.05) is 19.8 Å². The number of furan rings is 1. The molecule has 2 rings (SSSR count). The van der Waals surface area contributed by atoms with Gasteiger partial charge < -0.3 is 20.2 Å². The van der Waals surface area contributed by atoms with Crippen LogP contribution in [-0.4, -0.2) is 31.2 Å². The van der Waals surface area contributed by atoms with E-state index in [2.05, 4.69) is 22.5 Å². The van der Waals surface area contributed by atoms with Crippen LogP contribution in [0, 0.1) is 12.3 Å². The first-order valence-corrected chi connectivity index (χ1v) is 8.08. The van der Waals surface area contributed by atoms with Gasteiger partial charge in [-0.25, -0.2) is 0 Å². The maximum Gasteiger partial charge on any atom is 0.191 e. The molecule has 23 heavy (non-hydrogen) atoms. The average molecular weight is 435 g/mol. The molecule has 1 aromatic rings. The minimum absolute atomic E-state index is 0. The van der Waals surface area contributed by atoms with Gasteiger partial charge in [0, 0.05) is 13.6 Å². The van der Waals surface area contributed by atoms with E-state index < -0.39 is 5.60 Å². The Morgan fingerprint density at radius 2 is 2.00 bits per heavy atom. The van der Waals surface area contributed by atoms with Gasteiger partial charge in [-0.2, -0.15) is 0 Å². The van der Waals surface area contributed by atoms with Gasteiger partial charge in [-0.3, -0.25) is 4.99 Å². The van der Waals surface area contributed by atoms with Crippen molar-refractivity contribution in [3.05, 3.63) is 23.7 Å².